The molecule has 7 heteroatoms. The fourth-order valence-corrected chi connectivity index (χ4v) is 2.14. The first-order valence-electron chi connectivity index (χ1n) is 5.78. The van der Waals surface area contributed by atoms with Gasteiger partial charge in [-0.15, -0.1) is 16.4 Å². The van der Waals surface area contributed by atoms with Crippen molar-refractivity contribution in [3.8, 4) is 10.8 Å². The summed E-state index contributed by atoms with van der Waals surface area (Å²) in [6.07, 6.45) is 0. The zero-order valence-electron chi connectivity index (χ0n) is 11.0. The molecule has 0 aliphatic heterocycles. The van der Waals surface area contributed by atoms with E-state index >= 15 is 0 Å². The lowest BCUT2D eigenvalue weighted by Crippen LogP contribution is -2.43. The second kappa shape index (κ2) is 5.00. The standard InChI is InChI=1S/C12H15N3O3S/c1-12(2,3)13-9(16)7-15-11(17)18-10(14-15)8-5-4-6-19-8/h4-6H,7H2,1-3H3,(H,13,16). The van der Waals surface area contributed by atoms with Crippen LogP contribution in [0.4, 0.5) is 0 Å². The Labute approximate surface area is 114 Å². The van der Waals surface area contributed by atoms with Crippen molar-refractivity contribution in [1.29, 1.82) is 0 Å². The molecule has 6 nitrogen and oxygen atoms in total. The van der Waals surface area contributed by atoms with Crippen LogP contribution in [0.25, 0.3) is 10.8 Å². The van der Waals surface area contributed by atoms with Gasteiger partial charge in [0.05, 0.1) is 4.88 Å². The maximum Gasteiger partial charge on any atom is 0.437 e. The lowest BCUT2D eigenvalue weighted by molar-refractivity contribution is -0.123. The molecule has 0 atom stereocenters. The summed E-state index contributed by atoms with van der Waals surface area (Å²) in [6, 6.07) is 3.64. The van der Waals surface area contributed by atoms with Gasteiger partial charge in [0.25, 0.3) is 5.89 Å². The lowest BCUT2D eigenvalue weighted by atomic mass is 10.1. The fourth-order valence-electron chi connectivity index (χ4n) is 1.50. The zero-order chi connectivity index (χ0) is 14.0. The average Bonchev–Trinajstić information content (AvgIpc) is 2.85. The molecule has 2 aromatic rings. The van der Waals surface area contributed by atoms with Crippen molar-refractivity contribution >= 4 is 17.2 Å². The highest BCUT2D eigenvalue weighted by atomic mass is 32.1. The highest BCUT2D eigenvalue weighted by Crippen LogP contribution is 2.20. The van der Waals surface area contributed by atoms with Crippen LogP contribution >= 0.6 is 11.3 Å². The van der Waals surface area contributed by atoms with Gasteiger partial charge in [0.15, 0.2) is 0 Å². The van der Waals surface area contributed by atoms with Gasteiger partial charge in [-0.1, -0.05) is 6.07 Å². The van der Waals surface area contributed by atoms with Gasteiger partial charge < -0.3 is 9.73 Å². The Morgan fingerprint density at radius 2 is 2.26 bits per heavy atom. The van der Waals surface area contributed by atoms with Crippen LogP contribution in [0.1, 0.15) is 20.8 Å². The predicted octanol–water partition coefficient (Wildman–Crippen LogP) is 1.48. The first kappa shape index (κ1) is 13.5. The predicted molar refractivity (Wildman–Crippen MR) is 72.0 cm³/mol. The first-order chi connectivity index (χ1) is 8.85. The smallest absolute Gasteiger partial charge is 0.387 e. The number of aromatic nitrogens is 2. The van der Waals surface area contributed by atoms with Crippen molar-refractivity contribution in [3.05, 3.63) is 28.1 Å². The minimum absolute atomic E-state index is 0.148. The molecule has 1 amide bonds. The Morgan fingerprint density at radius 1 is 1.53 bits per heavy atom. The van der Waals surface area contributed by atoms with Gasteiger partial charge in [-0.3, -0.25) is 4.79 Å². The molecule has 0 fully saturated rings. The van der Waals surface area contributed by atoms with E-state index in [1.807, 2.05) is 32.2 Å². The van der Waals surface area contributed by atoms with E-state index < -0.39 is 5.76 Å². The second-order valence-electron chi connectivity index (χ2n) is 5.11. The Kier molecular flexibility index (Phi) is 3.57. The Balaban J connectivity index is 2.14. The second-order valence-corrected chi connectivity index (χ2v) is 6.05. The number of hydrogen-bond acceptors (Lipinski definition) is 5. The van der Waals surface area contributed by atoms with Crippen molar-refractivity contribution in [3.63, 3.8) is 0 Å². The molecule has 102 valence electrons. The molecule has 0 aliphatic carbocycles. The maximum absolute atomic E-state index is 11.7. The SMILES string of the molecule is CC(C)(C)NC(=O)Cn1nc(-c2cccs2)oc1=O. The van der Waals surface area contributed by atoms with E-state index in [0.29, 0.717) is 0 Å². The van der Waals surface area contributed by atoms with Crippen LogP contribution < -0.4 is 11.1 Å². The van der Waals surface area contributed by atoms with Crippen LogP contribution in [0, 0.1) is 0 Å². The van der Waals surface area contributed by atoms with Crippen molar-refractivity contribution in [1.82, 2.24) is 15.1 Å². The monoisotopic (exact) mass is 281 g/mol. The number of amides is 1. The number of nitrogens with one attached hydrogen (secondary N) is 1. The van der Waals surface area contributed by atoms with E-state index in [2.05, 4.69) is 10.4 Å². The summed E-state index contributed by atoms with van der Waals surface area (Å²) in [4.78, 5) is 24.1. The number of thiophene rings is 1. The zero-order valence-corrected chi connectivity index (χ0v) is 11.8. The Morgan fingerprint density at radius 3 is 2.84 bits per heavy atom. The van der Waals surface area contributed by atoms with Gasteiger partial charge in [0.1, 0.15) is 6.54 Å². The maximum atomic E-state index is 11.7. The minimum atomic E-state index is -0.632. The van der Waals surface area contributed by atoms with Crippen molar-refractivity contribution < 1.29 is 9.21 Å². The normalized spacial score (nSPS) is 11.5. The van der Waals surface area contributed by atoms with Crippen LogP contribution in [-0.4, -0.2) is 21.2 Å². The van der Waals surface area contributed by atoms with Gasteiger partial charge in [-0.25, -0.2) is 4.79 Å². The topological polar surface area (TPSA) is 77.1 Å². The highest BCUT2D eigenvalue weighted by Gasteiger charge is 2.17. The van der Waals surface area contributed by atoms with Crippen molar-refractivity contribution in [2.24, 2.45) is 0 Å². The molecule has 1 N–H and O–H groups in total. The van der Waals surface area contributed by atoms with Gasteiger partial charge in [0.2, 0.25) is 5.91 Å². The number of carbonyl (C=O) groups excluding carboxylic acids is 1. The molecule has 0 spiro atoms. The Bertz CT molecular complexity index is 619. The third-order valence-electron chi connectivity index (χ3n) is 2.15. The third-order valence-corrected chi connectivity index (χ3v) is 3.00. The number of carbonyl (C=O) groups is 1. The fraction of sp³-hybridized carbons (Fsp3) is 0.417. The summed E-state index contributed by atoms with van der Waals surface area (Å²) in [5.74, 6) is -0.670. The number of rotatable bonds is 3. The molecule has 0 radical (unpaired) electrons. The van der Waals surface area contributed by atoms with Gasteiger partial charge in [-0.2, -0.15) is 4.68 Å². The molecule has 2 aromatic heterocycles. The summed E-state index contributed by atoms with van der Waals surface area (Å²) in [6.45, 7) is 5.46. The van der Waals surface area contributed by atoms with Crippen LogP contribution in [0.15, 0.2) is 26.7 Å². The molecule has 0 saturated carbocycles. The molecular weight excluding hydrogens is 266 g/mol. The van der Waals surface area contributed by atoms with Crippen LogP contribution in [0.2, 0.25) is 0 Å². The van der Waals surface area contributed by atoms with Crippen LogP contribution in [0.5, 0.6) is 0 Å². The van der Waals surface area contributed by atoms with E-state index in [0.717, 1.165) is 9.56 Å². The summed E-state index contributed by atoms with van der Waals surface area (Å²) in [5.41, 5.74) is -0.346. The van der Waals surface area contributed by atoms with Crippen molar-refractivity contribution in [2.75, 3.05) is 0 Å². The Hall–Kier alpha value is -1.89. The first-order valence-corrected chi connectivity index (χ1v) is 6.66. The molecule has 2 rings (SSSR count). The van der Waals surface area contributed by atoms with Gasteiger partial charge in [0, 0.05) is 5.54 Å². The quantitative estimate of drug-likeness (QED) is 0.924. The summed E-state index contributed by atoms with van der Waals surface area (Å²) in [5, 5.41) is 8.63. The molecule has 0 saturated heterocycles. The van der Waals surface area contributed by atoms with E-state index in [-0.39, 0.29) is 23.9 Å². The number of hydrogen-bond donors (Lipinski definition) is 1. The molecular formula is C12H15N3O3S. The molecule has 2 heterocycles. The summed E-state index contributed by atoms with van der Waals surface area (Å²) in [7, 11) is 0. The van der Waals surface area contributed by atoms with Gasteiger partial charge in [-0.05, 0) is 32.2 Å². The summed E-state index contributed by atoms with van der Waals surface area (Å²) >= 11 is 1.42. The van der Waals surface area contributed by atoms with Gasteiger partial charge >= 0.3 is 5.76 Å². The third kappa shape index (κ3) is 3.54. The van der Waals surface area contributed by atoms with E-state index in [1.54, 1.807) is 6.07 Å². The number of nitrogens with zero attached hydrogens (tertiary/aromatic N) is 2. The van der Waals surface area contributed by atoms with E-state index in [9.17, 15) is 9.59 Å². The van der Waals surface area contributed by atoms with Crippen LogP contribution in [-0.2, 0) is 11.3 Å². The molecule has 0 bridgehead atoms. The van der Waals surface area contributed by atoms with E-state index in [4.69, 9.17) is 4.42 Å². The average molecular weight is 281 g/mol. The van der Waals surface area contributed by atoms with Crippen molar-refractivity contribution in [2.45, 2.75) is 32.9 Å². The molecule has 19 heavy (non-hydrogen) atoms. The van der Waals surface area contributed by atoms with Crippen LogP contribution in [0.3, 0.4) is 0 Å². The highest BCUT2D eigenvalue weighted by molar-refractivity contribution is 7.13. The lowest BCUT2D eigenvalue weighted by Gasteiger charge is -2.19. The summed E-state index contributed by atoms with van der Waals surface area (Å²) < 4.78 is 6.04. The largest absolute Gasteiger partial charge is 0.437 e. The molecule has 0 unspecified atom stereocenters. The van der Waals surface area contributed by atoms with E-state index in [1.165, 1.54) is 11.3 Å². The molecule has 0 aliphatic rings. The minimum Gasteiger partial charge on any atom is -0.387 e. The molecule has 0 aromatic carbocycles.